The number of sulfonamides is 1. The van der Waals surface area contributed by atoms with E-state index in [2.05, 4.69) is 5.32 Å². The summed E-state index contributed by atoms with van der Waals surface area (Å²) in [7, 11) is -2.74. The van der Waals surface area contributed by atoms with Gasteiger partial charge in [-0.3, -0.25) is 9.10 Å². The molecule has 1 aliphatic heterocycles. The van der Waals surface area contributed by atoms with Gasteiger partial charge in [0, 0.05) is 19.5 Å². The number of fused-ring (bicyclic) bond motifs is 1. The lowest BCUT2D eigenvalue weighted by Crippen LogP contribution is -2.36. The van der Waals surface area contributed by atoms with E-state index in [1.54, 1.807) is 0 Å². The van der Waals surface area contributed by atoms with Crippen LogP contribution in [0.3, 0.4) is 0 Å². The van der Waals surface area contributed by atoms with Gasteiger partial charge in [0.25, 0.3) is 10.0 Å². The standard InChI is InChI=1S/C18H18F2N2O4S/c1-11(23)21-16-10-14(5-6-17(16)26-2)27(24,25)22-7-3-4-12-8-13(19)9-15(20)18(12)22/h5-6,8-10H,3-4,7H2,1-2H3,(H,21,23). The third-order valence-corrected chi connectivity index (χ3v) is 6.03. The van der Waals surface area contributed by atoms with E-state index in [-0.39, 0.29) is 28.6 Å². The molecular formula is C18H18F2N2O4S. The molecule has 0 fully saturated rings. The van der Waals surface area contributed by atoms with Crippen molar-refractivity contribution < 1.29 is 26.7 Å². The summed E-state index contributed by atoms with van der Waals surface area (Å²) >= 11 is 0. The van der Waals surface area contributed by atoms with Crippen LogP contribution in [0.5, 0.6) is 5.75 Å². The molecule has 1 amide bonds. The summed E-state index contributed by atoms with van der Waals surface area (Å²) in [5.41, 5.74) is 0.348. The number of aryl methyl sites for hydroxylation is 1. The number of hydrogen-bond donors (Lipinski definition) is 1. The molecule has 0 saturated carbocycles. The number of carbonyl (C=O) groups excluding carboxylic acids is 1. The van der Waals surface area contributed by atoms with Crippen LogP contribution in [0, 0.1) is 11.6 Å². The van der Waals surface area contributed by atoms with Crippen molar-refractivity contribution in [1.82, 2.24) is 0 Å². The van der Waals surface area contributed by atoms with E-state index in [4.69, 9.17) is 4.74 Å². The lowest BCUT2D eigenvalue weighted by Gasteiger charge is -2.31. The zero-order chi connectivity index (χ0) is 19.8. The van der Waals surface area contributed by atoms with Gasteiger partial charge in [0.15, 0.2) is 5.82 Å². The van der Waals surface area contributed by atoms with E-state index in [0.717, 1.165) is 10.4 Å². The summed E-state index contributed by atoms with van der Waals surface area (Å²) < 4.78 is 60.2. The molecule has 2 aromatic carbocycles. The quantitative estimate of drug-likeness (QED) is 0.862. The van der Waals surface area contributed by atoms with Gasteiger partial charge in [0.1, 0.15) is 11.6 Å². The number of methoxy groups -OCH3 is 1. The Labute approximate surface area is 155 Å². The van der Waals surface area contributed by atoms with Crippen molar-refractivity contribution in [3.8, 4) is 5.75 Å². The Morgan fingerprint density at radius 2 is 1.96 bits per heavy atom. The van der Waals surface area contributed by atoms with Gasteiger partial charge >= 0.3 is 0 Å². The van der Waals surface area contributed by atoms with Gasteiger partial charge < -0.3 is 10.1 Å². The SMILES string of the molecule is COc1ccc(S(=O)(=O)N2CCCc3cc(F)cc(F)c32)cc1NC(C)=O. The summed E-state index contributed by atoms with van der Waals surface area (Å²) in [4.78, 5) is 11.2. The van der Waals surface area contributed by atoms with E-state index in [1.165, 1.54) is 32.2 Å². The molecule has 1 N–H and O–H groups in total. The second-order valence-electron chi connectivity index (χ2n) is 6.12. The average molecular weight is 396 g/mol. The number of hydrogen-bond acceptors (Lipinski definition) is 4. The third kappa shape index (κ3) is 3.59. The molecule has 1 aliphatic rings. The largest absolute Gasteiger partial charge is 0.495 e. The first kappa shape index (κ1) is 19.1. The number of benzene rings is 2. The molecule has 3 rings (SSSR count). The number of anilines is 2. The first-order valence-corrected chi connectivity index (χ1v) is 9.64. The topological polar surface area (TPSA) is 75.7 Å². The van der Waals surface area contributed by atoms with Gasteiger partial charge in [-0.2, -0.15) is 0 Å². The molecule has 1 heterocycles. The Kier molecular flexibility index (Phi) is 5.05. The normalized spacial score (nSPS) is 13.9. The maximum absolute atomic E-state index is 14.4. The fourth-order valence-corrected chi connectivity index (χ4v) is 4.69. The lowest BCUT2D eigenvalue weighted by molar-refractivity contribution is -0.114. The van der Waals surface area contributed by atoms with Gasteiger partial charge in [-0.25, -0.2) is 17.2 Å². The van der Waals surface area contributed by atoms with Gasteiger partial charge in [0.2, 0.25) is 5.91 Å². The zero-order valence-electron chi connectivity index (χ0n) is 14.8. The van der Waals surface area contributed by atoms with Crippen molar-refractivity contribution in [2.45, 2.75) is 24.7 Å². The highest BCUT2D eigenvalue weighted by atomic mass is 32.2. The maximum Gasteiger partial charge on any atom is 0.264 e. The second kappa shape index (κ2) is 7.15. The fourth-order valence-electron chi connectivity index (χ4n) is 3.12. The van der Waals surface area contributed by atoms with Crippen LogP contribution < -0.4 is 14.4 Å². The molecule has 9 heteroatoms. The van der Waals surface area contributed by atoms with Crippen molar-refractivity contribution in [2.75, 3.05) is 23.3 Å². The Hall–Kier alpha value is -2.68. The number of nitrogens with zero attached hydrogens (tertiary/aromatic N) is 1. The summed E-state index contributed by atoms with van der Waals surface area (Å²) in [5.74, 6) is -1.78. The summed E-state index contributed by atoms with van der Waals surface area (Å²) in [5, 5.41) is 2.51. The summed E-state index contributed by atoms with van der Waals surface area (Å²) in [6.07, 6.45) is 0.819. The predicted octanol–water partition coefficient (Wildman–Crippen LogP) is 3.07. The molecule has 144 valence electrons. The number of nitrogens with one attached hydrogen (secondary N) is 1. The van der Waals surface area contributed by atoms with Crippen molar-refractivity contribution in [3.63, 3.8) is 0 Å². The van der Waals surface area contributed by atoms with E-state index in [0.29, 0.717) is 24.5 Å². The summed E-state index contributed by atoms with van der Waals surface area (Å²) in [6, 6.07) is 5.80. The monoisotopic (exact) mass is 396 g/mol. The van der Waals surface area contributed by atoms with Crippen molar-refractivity contribution in [3.05, 3.63) is 47.5 Å². The van der Waals surface area contributed by atoms with E-state index in [9.17, 15) is 22.0 Å². The predicted molar refractivity (Wildman–Crippen MR) is 96.5 cm³/mol. The lowest BCUT2D eigenvalue weighted by atomic mass is 10.0. The molecule has 0 atom stereocenters. The molecule has 0 aromatic heterocycles. The highest BCUT2D eigenvalue weighted by Gasteiger charge is 2.32. The molecule has 0 saturated heterocycles. The Morgan fingerprint density at radius 1 is 1.22 bits per heavy atom. The molecule has 0 radical (unpaired) electrons. The van der Waals surface area contributed by atoms with Crippen LogP contribution in [0.25, 0.3) is 0 Å². The minimum Gasteiger partial charge on any atom is -0.495 e. The average Bonchev–Trinajstić information content (AvgIpc) is 2.60. The van der Waals surface area contributed by atoms with Crippen LogP contribution in [0.15, 0.2) is 35.2 Å². The van der Waals surface area contributed by atoms with Crippen LogP contribution in [0.4, 0.5) is 20.2 Å². The number of rotatable bonds is 4. The minimum absolute atomic E-state index is 0.0688. The second-order valence-corrected chi connectivity index (χ2v) is 7.98. The van der Waals surface area contributed by atoms with Crippen LogP contribution in [0.1, 0.15) is 18.9 Å². The Balaban J connectivity index is 2.10. The molecule has 2 aromatic rings. The van der Waals surface area contributed by atoms with Gasteiger partial charge in [0.05, 0.1) is 23.4 Å². The fraction of sp³-hybridized carbons (Fsp3) is 0.278. The smallest absolute Gasteiger partial charge is 0.264 e. The van der Waals surface area contributed by atoms with Gasteiger partial charge in [-0.05, 0) is 42.7 Å². The molecule has 0 spiro atoms. The van der Waals surface area contributed by atoms with Crippen LogP contribution in [-0.2, 0) is 21.2 Å². The Morgan fingerprint density at radius 3 is 2.63 bits per heavy atom. The maximum atomic E-state index is 14.4. The van der Waals surface area contributed by atoms with Gasteiger partial charge in [-0.15, -0.1) is 0 Å². The van der Waals surface area contributed by atoms with Crippen molar-refractivity contribution >= 4 is 27.3 Å². The van der Waals surface area contributed by atoms with Crippen LogP contribution in [0.2, 0.25) is 0 Å². The number of ether oxygens (including phenoxy) is 1. The molecular weight excluding hydrogens is 378 g/mol. The molecule has 0 bridgehead atoms. The first-order valence-electron chi connectivity index (χ1n) is 8.20. The summed E-state index contributed by atoms with van der Waals surface area (Å²) in [6.45, 7) is 1.35. The molecule has 0 unspecified atom stereocenters. The number of amides is 1. The van der Waals surface area contributed by atoms with Crippen LogP contribution in [-0.4, -0.2) is 28.0 Å². The minimum atomic E-state index is -4.13. The third-order valence-electron chi connectivity index (χ3n) is 4.23. The molecule has 0 aliphatic carbocycles. The number of halogens is 2. The zero-order valence-corrected chi connectivity index (χ0v) is 15.6. The van der Waals surface area contributed by atoms with Gasteiger partial charge in [-0.1, -0.05) is 0 Å². The van der Waals surface area contributed by atoms with Crippen molar-refractivity contribution in [2.24, 2.45) is 0 Å². The number of carbonyl (C=O) groups is 1. The van der Waals surface area contributed by atoms with E-state index >= 15 is 0 Å². The highest BCUT2D eigenvalue weighted by Crippen LogP contribution is 2.36. The first-order chi connectivity index (χ1) is 12.7. The van der Waals surface area contributed by atoms with E-state index < -0.39 is 27.6 Å². The highest BCUT2D eigenvalue weighted by molar-refractivity contribution is 7.92. The Bertz CT molecular complexity index is 1010. The van der Waals surface area contributed by atoms with Crippen LogP contribution >= 0.6 is 0 Å². The van der Waals surface area contributed by atoms with Crippen molar-refractivity contribution in [1.29, 1.82) is 0 Å². The molecule has 27 heavy (non-hydrogen) atoms. The molecule has 6 nitrogen and oxygen atoms in total. The van der Waals surface area contributed by atoms with E-state index in [1.807, 2.05) is 0 Å².